The number of benzene rings is 2. The molecule has 0 bridgehead atoms. The van der Waals surface area contributed by atoms with E-state index in [2.05, 4.69) is 20.8 Å². The van der Waals surface area contributed by atoms with E-state index in [1.165, 1.54) is 15.9 Å². The Labute approximate surface area is 167 Å². The number of hydrogen-bond acceptors (Lipinski definition) is 6. The van der Waals surface area contributed by atoms with Crippen molar-refractivity contribution >= 4 is 11.9 Å². The number of amides is 3. The number of carbonyl (C=O) groups is 2. The molecule has 2 heterocycles. The van der Waals surface area contributed by atoms with E-state index in [0.29, 0.717) is 17.0 Å². The van der Waals surface area contributed by atoms with Gasteiger partial charge in [0.25, 0.3) is 5.91 Å². The summed E-state index contributed by atoms with van der Waals surface area (Å²) in [7, 11) is 0. The molecule has 1 N–H and O–H groups in total. The summed E-state index contributed by atoms with van der Waals surface area (Å²) in [6.45, 7) is 4.02. The average molecular weight is 392 g/mol. The number of nitrogens with one attached hydrogen (secondary N) is 1. The van der Waals surface area contributed by atoms with Crippen LogP contribution in [0.4, 0.5) is 4.79 Å². The zero-order valence-electron chi connectivity index (χ0n) is 16.1. The molecular weight excluding hydrogens is 372 g/mol. The minimum Gasteiger partial charge on any atom is -0.492 e. The first-order valence-corrected chi connectivity index (χ1v) is 9.15. The Balaban J connectivity index is 1.49. The van der Waals surface area contributed by atoms with Gasteiger partial charge in [0.2, 0.25) is 0 Å². The number of carbonyl (C=O) groups excluding carboxylic acids is 2. The number of aromatic nitrogens is 4. The van der Waals surface area contributed by atoms with Crippen molar-refractivity contribution in [1.29, 1.82) is 0 Å². The zero-order chi connectivity index (χ0) is 20.4. The van der Waals surface area contributed by atoms with Crippen LogP contribution in [0.1, 0.15) is 18.1 Å². The Kier molecular flexibility index (Phi) is 4.71. The van der Waals surface area contributed by atoms with Gasteiger partial charge in [-0.25, -0.2) is 9.48 Å². The van der Waals surface area contributed by atoms with E-state index >= 15 is 0 Å². The molecule has 3 amide bonds. The van der Waals surface area contributed by atoms with Crippen LogP contribution in [0.15, 0.2) is 54.9 Å². The molecule has 1 aromatic heterocycles. The number of tetrazole rings is 1. The number of hydrogen-bond donors (Lipinski definition) is 1. The fourth-order valence-electron chi connectivity index (χ4n) is 3.29. The van der Waals surface area contributed by atoms with Crippen LogP contribution in [0.25, 0.3) is 5.69 Å². The van der Waals surface area contributed by atoms with Gasteiger partial charge in [0, 0.05) is 0 Å². The molecule has 1 atom stereocenters. The standard InChI is InChI=1S/C20H20N6O3/c1-14-5-3-8-17(11-14)29-10-9-25-18(27)20(2,22-19(25)28)15-6-4-7-16(12-15)26-13-21-23-24-26/h3-8,11-13H,9-10H2,1-2H3,(H,22,28)/t20-/m1/s1. The predicted molar refractivity (Wildman–Crippen MR) is 103 cm³/mol. The van der Waals surface area contributed by atoms with E-state index in [9.17, 15) is 9.59 Å². The molecule has 3 aromatic rings. The molecule has 29 heavy (non-hydrogen) atoms. The monoisotopic (exact) mass is 392 g/mol. The lowest BCUT2D eigenvalue weighted by molar-refractivity contribution is -0.131. The van der Waals surface area contributed by atoms with E-state index in [0.717, 1.165) is 5.56 Å². The lowest BCUT2D eigenvalue weighted by Crippen LogP contribution is -2.41. The van der Waals surface area contributed by atoms with Crippen LogP contribution in [0.5, 0.6) is 5.75 Å². The Bertz CT molecular complexity index is 1050. The van der Waals surface area contributed by atoms with Gasteiger partial charge in [-0.05, 0) is 59.7 Å². The smallest absolute Gasteiger partial charge is 0.325 e. The van der Waals surface area contributed by atoms with Crippen molar-refractivity contribution in [1.82, 2.24) is 30.4 Å². The highest BCUT2D eigenvalue weighted by molar-refractivity contribution is 6.07. The van der Waals surface area contributed by atoms with Crippen LogP contribution < -0.4 is 10.1 Å². The third-order valence-corrected chi connectivity index (χ3v) is 4.89. The maximum absolute atomic E-state index is 13.1. The zero-order valence-corrected chi connectivity index (χ0v) is 16.1. The molecule has 0 aliphatic carbocycles. The molecular formula is C20H20N6O3. The number of nitrogens with zero attached hydrogens (tertiary/aromatic N) is 5. The Morgan fingerprint density at radius 2 is 1.97 bits per heavy atom. The molecule has 1 aliphatic rings. The van der Waals surface area contributed by atoms with Crippen LogP contribution in [0, 0.1) is 6.92 Å². The SMILES string of the molecule is Cc1cccc(OCCN2C(=O)N[C@](C)(c3cccc(-n4cnnn4)c3)C2=O)c1. The lowest BCUT2D eigenvalue weighted by Gasteiger charge is -2.22. The summed E-state index contributed by atoms with van der Waals surface area (Å²) in [6.07, 6.45) is 1.46. The van der Waals surface area contributed by atoms with Gasteiger partial charge in [-0.1, -0.05) is 24.3 Å². The van der Waals surface area contributed by atoms with E-state index < -0.39 is 11.6 Å². The van der Waals surface area contributed by atoms with Gasteiger partial charge in [-0.2, -0.15) is 0 Å². The van der Waals surface area contributed by atoms with Crippen molar-refractivity contribution in [2.45, 2.75) is 19.4 Å². The van der Waals surface area contributed by atoms with E-state index in [-0.39, 0.29) is 19.1 Å². The van der Waals surface area contributed by atoms with Crippen LogP contribution in [0.2, 0.25) is 0 Å². The second-order valence-corrected chi connectivity index (χ2v) is 6.98. The van der Waals surface area contributed by atoms with Crippen LogP contribution in [-0.2, 0) is 10.3 Å². The van der Waals surface area contributed by atoms with Crippen LogP contribution in [0.3, 0.4) is 0 Å². The van der Waals surface area contributed by atoms with E-state index in [1.54, 1.807) is 25.1 Å². The molecule has 0 saturated carbocycles. The largest absolute Gasteiger partial charge is 0.492 e. The summed E-state index contributed by atoms with van der Waals surface area (Å²) in [5.41, 5.74) is 1.24. The Morgan fingerprint density at radius 1 is 1.14 bits per heavy atom. The first kappa shape index (κ1) is 18.6. The van der Waals surface area contributed by atoms with Crippen LogP contribution >= 0.6 is 0 Å². The van der Waals surface area contributed by atoms with Crippen molar-refractivity contribution in [3.8, 4) is 11.4 Å². The molecule has 1 saturated heterocycles. The molecule has 0 spiro atoms. The molecule has 9 heteroatoms. The molecule has 1 fully saturated rings. The van der Waals surface area contributed by atoms with Gasteiger partial charge in [0.1, 0.15) is 24.2 Å². The molecule has 2 aromatic carbocycles. The predicted octanol–water partition coefficient (Wildman–Crippen LogP) is 1.82. The van der Waals surface area contributed by atoms with Gasteiger partial charge in [0.05, 0.1) is 12.2 Å². The quantitative estimate of drug-likeness (QED) is 0.642. The number of imide groups is 1. The second-order valence-electron chi connectivity index (χ2n) is 6.98. The normalized spacial score (nSPS) is 18.8. The maximum Gasteiger partial charge on any atom is 0.325 e. The van der Waals surface area contributed by atoms with Crippen molar-refractivity contribution in [3.63, 3.8) is 0 Å². The third-order valence-electron chi connectivity index (χ3n) is 4.89. The number of ether oxygens (including phenoxy) is 1. The molecule has 0 unspecified atom stereocenters. The summed E-state index contributed by atoms with van der Waals surface area (Å²) in [6, 6.07) is 14.3. The van der Waals surface area contributed by atoms with Crippen LogP contribution in [-0.4, -0.2) is 50.2 Å². The Morgan fingerprint density at radius 3 is 2.72 bits per heavy atom. The molecule has 148 valence electrons. The van der Waals surface area contributed by atoms with E-state index in [4.69, 9.17) is 4.74 Å². The summed E-state index contributed by atoms with van der Waals surface area (Å²) < 4.78 is 7.18. The topological polar surface area (TPSA) is 102 Å². The van der Waals surface area contributed by atoms with Gasteiger partial charge in [-0.15, -0.1) is 5.10 Å². The molecule has 1 aliphatic heterocycles. The van der Waals surface area contributed by atoms with Crippen molar-refractivity contribution in [2.75, 3.05) is 13.2 Å². The number of rotatable bonds is 6. The van der Waals surface area contributed by atoms with Gasteiger partial charge in [-0.3, -0.25) is 9.69 Å². The van der Waals surface area contributed by atoms with Gasteiger partial charge >= 0.3 is 6.03 Å². The molecule has 0 radical (unpaired) electrons. The fourth-order valence-corrected chi connectivity index (χ4v) is 3.29. The maximum atomic E-state index is 13.1. The van der Waals surface area contributed by atoms with Gasteiger partial charge in [0.15, 0.2) is 0 Å². The molecule has 4 rings (SSSR count). The summed E-state index contributed by atoms with van der Waals surface area (Å²) >= 11 is 0. The third kappa shape index (κ3) is 3.54. The highest BCUT2D eigenvalue weighted by Gasteiger charge is 2.48. The minimum atomic E-state index is -1.18. The first-order valence-electron chi connectivity index (χ1n) is 9.15. The van der Waals surface area contributed by atoms with Gasteiger partial charge < -0.3 is 10.1 Å². The van der Waals surface area contributed by atoms with E-state index in [1.807, 2.05) is 37.3 Å². The van der Waals surface area contributed by atoms with Crippen molar-refractivity contribution < 1.29 is 14.3 Å². The highest BCUT2D eigenvalue weighted by atomic mass is 16.5. The van der Waals surface area contributed by atoms with Crippen molar-refractivity contribution in [2.24, 2.45) is 0 Å². The first-order chi connectivity index (χ1) is 14.0. The minimum absolute atomic E-state index is 0.154. The molecule has 9 nitrogen and oxygen atoms in total. The summed E-state index contributed by atoms with van der Waals surface area (Å²) in [5, 5.41) is 13.9. The number of aryl methyl sites for hydroxylation is 1. The highest BCUT2D eigenvalue weighted by Crippen LogP contribution is 2.29. The second kappa shape index (κ2) is 7.34. The summed E-state index contributed by atoms with van der Waals surface area (Å²) in [4.78, 5) is 26.7. The van der Waals surface area contributed by atoms with Crippen molar-refractivity contribution in [3.05, 3.63) is 66.0 Å². The summed E-state index contributed by atoms with van der Waals surface area (Å²) in [5.74, 6) is 0.373. The average Bonchev–Trinajstić information content (AvgIpc) is 3.32. The number of urea groups is 1. The fraction of sp³-hybridized carbons (Fsp3) is 0.250. The Hall–Kier alpha value is -3.75. The lowest BCUT2D eigenvalue weighted by atomic mass is 9.91.